The van der Waals surface area contributed by atoms with Crippen LogP contribution in [0.3, 0.4) is 0 Å². The van der Waals surface area contributed by atoms with Gasteiger partial charge in [-0.3, -0.25) is 0 Å². The molecule has 2 aliphatic rings. The summed E-state index contributed by atoms with van der Waals surface area (Å²) in [5, 5.41) is 12.8. The minimum absolute atomic E-state index is 1.12. The molecule has 0 fully saturated rings. The molecular formula is C22H16S. The van der Waals surface area contributed by atoms with Crippen LogP contribution in [0.25, 0.3) is 37.7 Å². The summed E-state index contributed by atoms with van der Waals surface area (Å²) in [6, 6.07) is 16.3. The Bertz CT molecular complexity index is 1180. The van der Waals surface area contributed by atoms with Crippen LogP contribution in [0, 0.1) is 0 Å². The van der Waals surface area contributed by atoms with Crippen molar-refractivity contribution in [1.29, 1.82) is 0 Å². The summed E-state index contributed by atoms with van der Waals surface area (Å²) >= 11 is 1.94. The van der Waals surface area contributed by atoms with Crippen molar-refractivity contribution in [1.82, 2.24) is 0 Å². The first kappa shape index (κ1) is 12.4. The van der Waals surface area contributed by atoms with Gasteiger partial charge in [-0.15, -0.1) is 11.8 Å². The lowest BCUT2D eigenvalue weighted by molar-refractivity contribution is 0.813. The highest BCUT2D eigenvalue weighted by Crippen LogP contribution is 2.41. The molecule has 0 atom stereocenters. The van der Waals surface area contributed by atoms with Crippen LogP contribution in [0.1, 0.15) is 23.1 Å². The van der Waals surface area contributed by atoms with E-state index in [-0.39, 0.29) is 0 Å². The molecule has 0 saturated carbocycles. The fourth-order valence-electron chi connectivity index (χ4n) is 4.75. The van der Waals surface area contributed by atoms with Gasteiger partial charge in [0.2, 0.25) is 0 Å². The molecule has 0 unspecified atom stereocenters. The predicted molar refractivity (Wildman–Crippen MR) is 102 cm³/mol. The van der Waals surface area contributed by atoms with Crippen LogP contribution in [0.4, 0.5) is 0 Å². The van der Waals surface area contributed by atoms with Gasteiger partial charge < -0.3 is 0 Å². The van der Waals surface area contributed by atoms with Crippen molar-refractivity contribution < 1.29 is 0 Å². The molecule has 0 bridgehead atoms. The second-order valence-corrected chi connectivity index (χ2v) is 7.69. The quantitative estimate of drug-likeness (QED) is 0.312. The fourth-order valence-corrected chi connectivity index (χ4v) is 5.69. The summed E-state index contributed by atoms with van der Waals surface area (Å²) in [4.78, 5) is 0. The topological polar surface area (TPSA) is 0 Å². The number of aryl methyl sites for hydroxylation is 2. The smallest absolute Gasteiger partial charge is 0.0232 e. The van der Waals surface area contributed by atoms with E-state index in [2.05, 4.69) is 47.9 Å². The number of benzene rings is 4. The lowest BCUT2D eigenvalue weighted by Crippen LogP contribution is -2.10. The molecule has 0 N–H and O–H groups in total. The average Bonchev–Trinajstić information content (AvgIpc) is 3.06. The van der Waals surface area contributed by atoms with Gasteiger partial charge in [0, 0.05) is 5.75 Å². The second-order valence-electron chi connectivity index (χ2n) is 6.83. The summed E-state index contributed by atoms with van der Waals surface area (Å²) < 4.78 is 0. The van der Waals surface area contributed by atoms with E-state index in [1.807, 2.05) is 11.8 Å². The Hall–Kier alpha value is -1.99. The Morgan fingerprint density at radius 1 is 0.783 bits per heavy atom. The third-order valence-electron chi connectivity index (χ3n) is 5.65. The molecule has 23 heavy (non-hydrogen) atoms. The van der Waals surface area contributed by atoms with E-state index in [0.29, 0.717) is 0 Å². The second kappa shape index (κ2) is 4.30. The van der Waals surface area contributed by atoms with Gasteiger partial charge in [-0.25, -0.2) is 0 Å². The molecular weight excluding hydrogens is 296 g/mol. The van der Waals surface area contributed by atoms with E-state index in [1.54, 1.807) is 16.5 Å². The molecule has 0 aromatic heterocycles. The molecule has 4 aromatic carbocycles. The van der Waals surface area contributed by atoms with Crippen molar-refractivity contribution in [2.75, 3.05) is 0 Å². The highest BCUT2D eigenvalue weighted by atomic mass is 32.2. The van der Waals surface area contributed by atoms with Crippen molar-refractivity contribution in [3.05, 3.63) is 64.4 Å². The van der Waals surface area contributed by atoms with Gasteiger partial charge >= 0.3 is 0 Å². The highest BCUT2D eigenvalue weighted by Gasteiger charge is 2.21. The third kappa shape index (κ3) is 1.49. The van der Waals surface area contributed by atoms with Gasteiger partial charge in [0.15, 0.2) is 0 Å². The van der Waals surface area contributed by atoms with E-state index in [0.717, 1.165) is 5.75 Å². The van der Waals surface area contributed by atoms with E-state index >= 15 is 0 Å². The number of fused-ring (bicyclic) bond motifs is 4. The number of rotatable bonds is 0. The summed E-state index contributed by atoms with van der Waals surface area (Å²) in [5.74, 6) is 1.12. The molecule has 0 amide bonds. The van der Waals surface area contributed by atoms with Gasteiger partial charge in [0.05, 0.1) is 0 Å². The first-order chi connectivity index (χ1) is 11.4. The largest absolute Gasteiger partial charge is 0.129 e. The summed E-state index contributed by atoms with van der Waals surface area (Å²) in [6.45, 7) is 0. The monoisotopic (exact) mass is 312 g/mol. The van der Waals surface area contributed by atoms with Crippen LogP contribution in [0.2, 0.25) is 0 Å². The van der Waals surface area contributed by atoms with Crippen LogP contribution in [0.5, 0.6) is 0 Å². The maximum Gasteiger partial charge on any atom is 0.0232 e. The van der Waals surface area contributed by atoms with Crippen LogP contribution in [-0.2, 0) is 18.6 Å². The molecule has 6 rings (SSSR count). The minimum atomic E-state index is 1.12. The van der Waals surface area contributed by atoms with Crippen molar-refractivity contribution in [2.24, 2.45) is 0 Å². The van der Waals surface area contributed by atoms with Gasteiger partial charge in [0.1, 0.15) is 0 Å². The van der Waals surface area contributed by atoms with Gasteiger partial charge in [-0.05, 0) is 85.0 Å². The first-order valence-corrected chi connectivity index (χ1v) is 9.49. The van der Waals surface area contributed by atoms with Gasteiger partial charge in [-0.2, -0.15) is 0 Å². The molecule has 0 saturated heterocycles. The zero-order valence-corrected chi connectivity index (χ0v) is 13.7. The Morgan fingerprint density at radius 2 is 1.70 bits per heavy atom. The van der Waals surface area contributed by atoms with Crippen LogP contribution in [-0.4, -0.2) is 0 Å². The number of thioether (sulfide) groups is 1. The van der Waals surface area contributed by atoms with Crippen molar-refractivity contribution >= 4 is 49.5 Å². The lowest BCUT2D eigenvalue weighted by atomic mass is 9.82. The maximum atomic E-state index is 2.42. The fraction of sp³-hybridized carbons (Fsp3) is 0.182. The van der Waals surface area contributed by atoms with Crippen molar-refractivity contribution in [3.8, 4) is 0 Å². The van der Waals surface area contributed by atoms with Crippen molar-refractivity contribution in [2.45, 2.75) is 25.0 Å². The number of hydrogen-bond acceptors (Lipinski definition) is 1. The summed E-state index contributed by atoms with van der Waals surface area (Å²) in [5.41, 5.74) is 4.65. The molecule has 0 spiro atoms. The van der Waals surface area contributed by atoms with E-state index in [1.165, 1.54) is 57.0 Å². The van der Waals surface area contributed by atoms with Gasteiger partial charge in [0.25, 0.3) is 0 Å². The zero-order chi connectivity index (χ0) is 15.0. The van der Waals surface area contributed by atoms with E-state index in [9.17, 15) is 0 Å². The Labute approximate surface area is 139 Å². The van der Waals surface area contributed by atoms with Crippen LogP contribution >= 0.6 is 11.8 Å². The Balaban J connectivity index is 2.06. The Kier molecular flexibility index (Phi) is 2.32. The van der Waals surface area contributed by atoms with Crippen molar-refractivity contribution in [3.63, 3.8) is 0 Å². The summed E-state index contributed by atoms with van der Waals surface area (Å²) in [7, 11) is 0. The lowest BCUT2D eigenvalue weighted by Gasteiger charge is -2.22. The first-order valence-electron chi connectivity index (χ1n) is 8.44. The van der Waals surface area contributed by atoms with E-state index < -0.39 is 0 Å². The molecule has 1 aliphatic carbocycles. The number of hydrogen-bond donors (Lipinski definition) is 0. The minimum Gasteiger partial charge on any atom is -0.129 e. The highest BCUT2D eigenvalue weighted by molar-refractivity contribution is 8.06. The molecule has 110 valence electrons. The predicted octanol–water partition coefficient (Wildman–Crippen LogP) is 5.34. The van der Waals surface area contributed by atoms with Crippen LogP contribution < -0.4 is 5.22 Å². The van der Waals surface area contributed by atoms with Crippen LogP contribution in [0.15, 0.2) is 42.5 Å². The molecule has 1 heteroatoms. The summed E-state index contributed by atoms with van der Waals surface area (Å²) in [6.07, 6.45) is 3.73. The van der Waals surface area contributed by atoms with E-state index in [4.69, 9.17) is 0 Å². The molecule has 0 radical (unpaired) electrons. The normalized spacial score (nSPS) is 16.2. The molecule has 1 heterocycles. The maximum absolute atomic E-state index is 2.42. The SMILES string of the molecule is C1=c2c(cc3cccc4c5c6c(cccc6c2c34)CCC5)CS1. The Morgan fingerprint density at radius 3 is 2.70 bits per heavy atom. The molecule has 0 nitrogen and oxygen atoms in total. The third-order valence-corrected chi connectivity index (χ3v) is 6.53. The molecule has 4 aromatic rings. The van der Waals surface area contributed by atoms with Gasteiger partial charge in [-0.1, -0.05) is 36.4 Å². The zero-order valence-electron chi connectivity index (χ0n) is 12.9. The average molecular weight is 312 g/mol. The molecule has 1 aliphatic heterocycles. The standard InChI is InChI=1S/C22H16S/c1-4-13-5-2-9-18-20(13)16(7-1)17-8-3-6-14-10-15-11-23-12-19(15)22(18)21(14)17/h2-3,5-6,8-10,12H,1,4,7,11H2.